The van der Waals surface area contributed by atoms with Crippen LogP contribution in [0.5, 0.6) is 11.5 Å². The molecule has 0 aliphatic carbocycles. The number of nitrogens with one attached hydrogen (secondary N) is 1. The Morgan fingerprint density at radius 1 is 0.952 bits per heavy atom. The summed E-state index contributed by atoms with van der Waals surface area (Å²) in [5, 5.41) is 13.1. The summed E-state index contributed by atoms with van der Waals surface area (Å²) >= 11 is 0. The molecule has 2 aromatic rings. The van der Waals surface area contributed by atoms with Crippen LogP contribution in [0.2, 0.25) is 0 Å². The van der Waals surface area contributed by atoms with E-state index in [9.17, 15) is 5.11 Å². The molecule has 2 N–H and O–H groups in total. The van der Waals surface area contributed by atoms with Gasteiger partial charge in [0.25, 0.3) is 0 Å². The Morgan fingerprint density at radius 2 is 1.57 bits per heavy atom. The van der Waals surface area contributed by atoms with Crippen LogP contribution in [-0.4, -0.2) is 12.2 Å². The molecule has 0 aromatic heterocycles. The second-order valence-electron chi connectivity index (χ2n) is 5.57. The van der Waals surface area contributed by atoms with Crippen molar-refractivity contribution in [3.63, 3.8) is 0 Å². The molecule has 0 aliphatic heterocycles. The van der Waals surface area contributed by atoms with Gasteiger partial charge in [-0.3, -0.25) is 0 Å². The minimum absolute atomic E-state index is 0.129. The first-order chi connectivity index (χ1) is 10.0. The third-order valence-electron chi connectivity index (χ3n) is 3.66. The van der Waals surface area contributed by atoms with E-state index < -0.39 is 0 Å². The average molecular weight is 285 g/mol. The maximum absolute atomic E-state index is 9.64. The zero-order valence-corrected chi connectivity index (χ0v) is 13.1. The van der Waals surface area contributed by atoms with Crippen LogP contribution in [0, 0.1) is 0 Å². The van der Waals surface area contributed by atoms with E-state index >= 15 is 0 Å². The molecule has 0 amide bonds. The molecule has 0 saturated carbocycles. The molecule has 0 spiro atoms. The zero-order valence-electron chi connectivity index (χ0n) is 13.1. The quantitative estimate of drug-likeness (QED) is 0.837. The van der Waals surface area contributed by atoms with Crippen LogP contribution in [0.1, 0.15) is 43.9 Å². The molecule has 1 unspecified atom stereocenters. The summed E-state index contributed by atoms with van der Waals surface area (Å²) in [6.45, 7) is 6.46. The number of rotatable bonds is 5. The van der Waals surface area contributed by atoms with Crippen molar-refractivity contribution >= 4 is 5.69 Å². The summed E-state index contributed by atoms with van der Waals surface area (Å²) in [7, 11) is 1.56. The van der Waals surface area contributed by atoms with Crippen molar-refractivity contribution in [1.29, 1.82) is 0 Å². The molecule has 2 rings (SSSR count). The van der Waals surface area contributed by atoms with Crippen LogP contribution in [0.3, 0.4) is 0 Å². The number of ether oxygens (including phenoxy) is 1. The van der Waals surface area contributed by atoms with Crippen molar-refractivity contribution in [1.82, 2.24) is 0 Å². The first kappa shape index (κ1) is 15.2. The van der Waals surface area contributed by atoms with Gasteiger partial charge in [0.2, 0.25) is 0 Å². The minimum Gasteiger partial charge on any atom is -0.504 e. The molecule has 0 bridgehead atoms. The van der Waals surface area contributed by atoms with E-state index in [2.05, 4.69) is 50.4 Å². The summed E-state index contributed by atoms with van der Waals surface area (Å²) < 4.78 is 5.15. The first-order valence-corrected chi connectivity index (χ1v) is 7.24. The number of methoxy groups -OCH3 is 1. The van der Waals surface area contributed by atoms with Crippen LogP contribution >= 0.6 is 0 Å². The number of phenolic OH excluding ortho intramolecular Hbond substituents is 1. The largest absolute Gasteiger partial charge is 0.504 e. The van der Waals surface area contributed by atoms with E-state index in [1.165, 1.54) is 5.56 Å². The number of benzene rings is 2. The van der Waals surface area contributed by atoms with Gasteiger partial charge >= 0.3 is 0 Å². The summed E-state index contributed by atoms with van der Waals surface area (Å²) in [6.07, 6.45) is 0. The smallest absolute Gasteiger partial charge is 0.160 e. The van der Waals surface area contributed by atoms with Crippen molar-refractivity contribution in [3.05, 3.63) is 53.6 Å². The van der Waals surface area contributed by atoms with E-state index in [0.29, 0.717) is 11.7 Å². The van der Waals surface area contributed by atoms with Crippen LogP contribution in [0.25, 0.3) is 0 Å². The molecule has 0 saturated heterocycles. The number of hydrogen-bond acceptors (Lipinski definition) is 3. The van der Waals surface area contributed by atoms with E-state index in [1.807, 2.05) is 12.1 Å². The molecule has 3 nitrogen and oxygen atoms in total. The van der Waals surface area contributed by atoms with Crippen LogP contribution in [0.15, 0.2) is 42.5 Å². The molecular formula is C18H23NO2. The van der Waals surface area contributed by atoms with Crippen molar-refractivity contribution in [2.75, 3.05) is 12.4 Å². The Morgan fingerprint density at radius 3 is 2.14 bits per heavy atom. The predicted octanol–water partition coefficient (Wildman–Crippen LogP) is 4.70. The van der Waals surface area contributed by atoms with Crippen LogP contribution in [0.4, 0.5) is 5.69 Å². The van der Waals surface area contributed by atoms with Crippen molar-refractivity contribution < 1.29 is 9.84 Å². The number of hydrogen-bond donors (Lipinski definition) is 2. The SMILES string of the molecule is COc1cc(C(C)Nc2ccc(C(C)C)cc2)ccc1O. The third-order valence-corrected chi connectivity index (χ3v) is 3.66. The Hall–Kier alpha value is -2.16. The molecule has 3 heteroatoms. The fourth-order valence-electron chi connectivity index (χ4n) is 2.26. The van der Waals surface area contributed by atoms with Gasteiger partial charge in [-0.15, -0.1) is 0 Å². The van der Waals surface area contributed by atoms with E-state index in [0.717, 1.165) is 11.3 Å². The summed E-state index contributed by atoms with van der Waals surface area (Å²) in [6, 6.07) is 14.0. The number of phenols is 1. The lowest BCUT2D eigenvalue weighted by Gasteiger charge is -2.17. The van der Waals surface area contributed by atoms with Gasteiger partial charge in [-0.25, -0.2) is 0 Å². The summed E-state index contributed by atoms with van der Waals surface area (Å²) in [4.78, 5) is 0. The second kappa shape index (κ2) is 6.53. The topological polar surface area (TPSA) is 41.5 Å². The lowest BCUT2D eigenvalue weighted by atomic mass is 10.0. The maximum atomic E-state index is 9.64. The monoisotopic (exact) mass is 285 g/mol. The lowest BCUT2D eigenvalue weighted by Crippen LogP contribution is -2.06. The minimum atomic E-state index is 0.129. The van der Waals surface area contributed by atoms with Gasteiger partial charge in [-0.1, -0.05) is 32.0 Å². The first-order valence-electron chi connectivity index (χ1n) is 7.24. The maximum Gasteiger partial charge on any atom is 0.160 e. The summed E-state index contributed by atoms with van der Waals surface area (Å²) in [5.74, 6) is 1.20. The zero-order chi connectivity index (χ0) is 15.4. The lowest BCUT2D eigenvalue weighted by molar-refractivity contribution is 0.373. The van der Waals surface area contributed by atoms with Crippen molar-refractivity contribution in [3.8, 4) is 11.5 Å². The molecule has 0 aliphatic rings. The molecular weight excluding hydrogens is 262 g/mol. The number of anilines is 1. The molecule has 21 heavy (non-hydrogen) atoms. The predicted molar refractivity (Wildman–Crippen MR) is 87.2 cm³/mol. The van der Waals surface area contributed by atoms with E-state index in [-0.39, 0.29) is 11.8 Å². The highest BCUT2D eigenvalue weighted by Gasteiger charge is 2.09. The average Bonchev–Trinajstić information content (AvgIpc) is 2.48. The van der Waals surface area contributed by atoms with Crippen LogP contribution < -0.4 is 10.1 Å². The Kier molecular flexibility index (Phi) is 4.73. The molecule has 0 fully saturated rings. The van der Waals surface area contributed by atoms with Gasteiger partial charge in [-0.2, -0.15) is 0 Å². The van der Waals surface area contributed by atoms with Crippen molar-refractivity contribution in [2.24, 2.45) is 0 Å². The standard InChI is InChI=1S/C18H23NO2/c1-12(2)14-5-8-16(9-6-14)19-13(3)15-7-10-17(20)18(11-15)21-4/h5-13,19-20H,1-4H3. The molecule has 0 heterocycles. The Balaban J connectivity index is 2.12. The van der Waals surface area contributed by atoms with Gasteiger partial charge in [0.1, 0.15) is 0 Å². The molecule has 1 atom stereocenters. The van der Waals surface area contributed by atoms with Gasteiger partial charge < -0.3 is 15.2 Å². The van der Waals surface area contributed by atoms with Gasteiger partial charge in [-0.05, 0) is 48.2 Å². The second-order valence-corrected chi connectivity index (χ2v) is 5.57. The third kappa shape index (κ3) is 3.69. The summed E-state index contributed by atoms with van der Waals surface area (Å²) in [5.41, 5.74) is 3.48. The highest BCUT2D eigenvalue weighted by molar-refractivity contribution is 5.49. The molecule has 2 aromatic carbocycles. The van der Waals surface area contributed by atoms with Gasteiger partial charge in [0, 0.05) is 11.7 Å². The normalized spacial score (nSPS) is 12.2. The fourth-order valence-corrected chi connectivity index (χ4v) is 2.26. The van der Waals surface area contributed by atoms with E-state index in [1.54, 1.807) is 13.2 Å². The fraction of sp³-hybridized carbons (Fsp3) is 0.333. The highest BCUT2D eigenvalue weighted by atomic mass is 16.5. The Labute approximate surface area is 126 Å². The van der Waals surface area contributed by atoms with E-state index in [4.69, 9.17) is 4.74 Å². The van der Waals surface area contributed by atoms with Gasteiger partial charge in [0.05, 0.1) is 7.11 Å². The van der Waals surface area contributed by atoms with Crippen LogP contribution in [-0.2, 0) is 0 Å². The van der Waals surface area contributed by atoms with Crippen molar-refractivity contribution in [2.45, 2.75) is 32.7 Å². The highest BCUT2D eigenvalue weighted by Crippen LogP contribution is 2.30. The Bertz CT molecular complexity index is 591. The molecule has 0 radical (unpaired) electrons. The number of aromatic hydroxyl groups is 1. The molecule has 112 valence electrons. The van der Waals surface area contributed by atoms with Gasteiger partial charge in [0.15, 0.2) is 11.5 Å².